The maximum Gasteiger partial charge on any atom is 0.328 e. The summed E-state index contributed by atoms with van der Waals surface area (Å²) in [4.78, 5) is 24.3. The summed E-state index contributed by atoms with van der Waals surface area (Å²) in [5.74, 6) is -3.26. The molecule has 0 aliphatic carbocycles. The molecule has 0 aromatic rings. The lowest BCUT2D eigenvalue weighted by molar-refractivity contribution is -0.162. The summed E-state index contributed by atoms with van der Waals surface area (Å²) in [6.07, 6.45) is 5.01. The molecular weight excluding hydrogens is 360 g/mol. The van der Waals surface area contributed by atoms with Crippen LogP contribution in [0.2, 0.25) is 0 Å². The molecule has 26 heavy (non-hydrogen) atoms. The zero-order valence-corrected chi connectivity index (χ0v) is 17.0. The number of carboxylic acids is 2. The Hall–Kier alpha value is -1.15. The summed E-state index contributed by atoms with van der Waals surface area (Å²) in [5.41, 5.74) is -2.05. The van der Waals surface area contributed by atoms with Gasteiger partial charge < -0.3 is 10.2 Å². The molecule has 0 heterocycles. The highest BCUT2D eigenvalue weighted by molar-refractivity contribution is 7.88. The van der Waals surface area contributed by atoms with Gasteiger partial charge in [0.2, 0.25) is 4.75 Å². The molecule has 7 nitrogen and oxygen atoms in total. The molecule has 0 aliphatic rings. The molecule has 154 valence electrons. The molecule has 0 spiro atoms. The van der Waals surface area contributed by atoms with Crippen LogP contribution in [0.1, 0.15) is 91.4 Å². The normalized spacial score (nSPS) is 14.8. The molecule has 3 N–H and O–H groups in total. The second-order valence-corrected chi connectivity index (χ2v) is 8.62. The van der Waals surface area contributed by atoms with Crippen molar-refractivity contribution in [2.75, 3.05) is 0 Å². The van der Waals surface area contributed by atoms with E-state index in [-0.39, 0.29) is 12.8 Å². The van der Waals surface area contributed by atoms with Crippen molar-refractivity contribution < 1.29 is 32.8 Å². The van der Waals surface area contributed by atoms with Gasteiger partial charge in [-0.1, -0.05) is 72.1 Å². The van der Waals surface area contributed by atoms with E-state index in [9.17, 15) is 32.8 Å². The van der Waals surface area contributed by atoms with E-state index in [0.29, 0.717) is 25.7 Å². The van der Waals surface area contributed by atoms with Crippen LogP contribution in [0.25, 0.3) is 0 Å². The van der Waals surface area contributed by atoms with Gasteiger partial charge in [-0.05, 0) is 19.3 Å². The number of carboxylic acid groups (broad SMARTS) is 2. The Morgan fingerprint density at radius 2 is 1.19 bits per heavy atom. The minimum atomic E-state index is -5.14. The van der Waals surface area contributed by atoms with Gasteiger partial charge in [0.15, 0.2) is 0 Å². The third-order valence-corrected chi connectivity index (χ3v) is 7.12. The van der Waals surface area contributed by atoms with Crippen molar-refractivity contribution in [1.82, 2.24) is 0 Å². The van der Waals surface area contributed by atoms with Crippen molar-refractivity contribution in [3.8, 4) is 0 Å². The third kappa shape index (κ3) is 5.19. The van der Waals surface area contributed by atoms with Crippen LogP contribution in [-0.4, -0.2) is 39.9 Å². The highest BCUT2D eigenvalue weighted by atomic mass is 32.2. The molecule has 0 radical (unpaired) electrons. The van der Waals surface area contributed by atoms with Gasteiger partial charge in [-0.2, -0.15) is 8.42 Å². The van der Waals surface area contributed by atoms with Crippen LogP contribution in [0, 0.1) is 5.41 Å². The van der Waals surface area contributed by atoms with Crippen LogP contribution in [0.5, 0.6) is 0 Å². The van der Waals surface area contributed by atoms with Crippen molar-refractivity contribution in [2.24, 2.45) is 5.41 Å². The Labute approximate surface area is 156 Å². The Morgan fingerprint density at radius 3 is 1.42 bits per heavy atom. The first kappa shape index (κ1) is 24.8. The van der Waals surface area contributed by atoms with E-state index in [4.69, 9.17) is 0 Å². The van der Waals surface area contributed by atoms with Crippen LogP contribution in [0.4, 0.5) is 0 Å². The molecule has 0 fully saturated rings. The van der Waals surface area contributed by atoms with E-state index >= 15 is 0 Å². The fourth-order valence-corrected chi connectivity index (χ4v) is 5.23. The minimum absolute atomic E-state index is 0.0889. The van der Waals surface area contributed by atoms with Gasteiger partial charge in [0.05, 0.1) is 0 Å². The molecule has 0 amide bonds. The number of hydrogen-bond acceptors (Lipinski definition) is 4. The van der Waals surface area contributed by atoms with Crippen LogP contribution in [0.15, 0.2) is 0 Å². The molecule has 0 rings (SSSR count). The van der Waals surface area contributed by atoms with Gasteiger partial charge in [-0.15, -0.1) is 0 Å². The Kier molecular flexibility index (Phi) is 10.4. The van der Waals surface area contributed by atoms with Gasteiger partial charge in [0, 0.05) is 0 Å². The van der Waals surface area contributed by atoms with Crippen LogP contribution in [-0.2, 0) is 19.7 Å². The molecule has 1 atom stereocenters. The highest BCUT2D eigenvalue weighted by Crippen LogP contribution is 2.49. The third-order valence-electron chi connectivity index (χ3n) is 5.38. The lowest BCUT2D eigenvalue weighted by Crippen LogP contribution is -2.62. The van der Waals surface area contributed by atoms with Gasteiger partial charge >= 0.3 is 11.9 Å². The van der Waals surface area contributed by atoms with Gasteiger partial charge in [-0.25, -0.2) is 0 Å². The second-order valence-electron chi connectivity index (χ2n) is 6.97. The molecule has 0 saturated heterocycles. The lowest BCUT2D eigenvalue weighted by atomic mass is 9.66. The van der Waals surface area contributed by atoms with Crippen molar-refractivity contribution in [3.63, 3.8) is 0 Å². The Morgan fingerprint density at radius 1 is 0.769 bits per heavy atom. The Balaban J connectivity index is 6.17. The summed E-state index contributed by atoms with van der Waals surface area (Å²) in [7, 11) is -5.14. The van der Waals surface area contributed by atoms with E-state index in [1.165, 1.54) is 6.92 Å². The summed E-state index contributed by atoms with van der Waals surface area (Å²) in [6, 6.07) is 0. The van der Waals surface area contributed by atoms with Crippen LogP contribution >= 0.6 is 0 Å². The van der Waals surface area contributed by atoms with Gasteiger partial charge in [-0.3, -0.25) is 14.1 Å². The quantitative estimate of drug-likeness (QED) is 0.281. The smallest absolute Gasteiger partial charge is 0.328 e. The lowest BCUT2D eigenvalue weighted by Gasteiger charge is -2.42. The largest absolute Gasteiger partial charge is 0.481 e. The number of rotatable bonds is 15. The second kappa shape index (κ2) is 10.9. The van der Waals surface area contributed by atoms with Gasteiger partial charge in [0.25, 0.3) is 10.1 Å². The topological polar surface area (TPSA) is 129 Å². The summed E-state index contributed by atoms with van der Waals surface area (Å²) in [5, 5.41) is 19.7. The van der Waals surface area contributed by atoms with Gasteiger partial charge in [0.1, 0.15) is 5.41 Å². The maximum atomic E-state index is 12.3. The monoisotopic (exact) mass is 394 g/mol. The number of aliphatic carboxylic acids is 2. The molecule has 8 heteroatoms. The van der Waals surface area contributed by atoms with Crippen LogP contribution < -0.4 is 0 Å². The predicted molar refractivity (Wildman–Crippen MR) is 99.8 cm³/mol. The van der Waals surface area contributed by atoms with Crippen molar-refractivity contribution in [3.05, 3.63) is 0 Å². The first-order chi connectivity index (χ1) is 12.1. The molecule has 0 aromatic heterocycles. The standard InChI is InChI=1S/C18H34O7S/c1-4-7-9-11-13-17(15(19)20,14-12-10-8-5-2)18(6-3,16(21)22)26(23,24)25/h4-14H2,1-3H3,(H,19,20)(H,21,22)(H,23,24,25). The molecular formula is C18H34O7S. The molecule has 0 aliphatic heterocycles. The molecule has 0 aromatic carbocycles. The van der Waals surface area contributed by atoms with Crippen molar-refractivity contribution in [1.29, 1.82) is 0 Å². The summed E-state index contributed by atoms with van der Waals surface area (Å²) < 4.78 is 31.4. The molecule has 1 unspecified atom stereocenters. The van der Waals surface area contributed by atoms with Crippen LogP contribution in [0.3, 0.4) is 0 Å². The zero-order chi connectivity index (χ0) is 20.4. The Bertz CT molecular complexity index is 544. The zero-order valence-electron chi connectivity index (χ0n) is 16.2. The number of hydrogen-bond donors (Lipinski definition) is 3. The number of unbranched alkanes of at least 4 members (excludes halogenated alkanes) is 6. The van der Waals surface area contributed by atoms with E-state index in [1.54, 1.807) is 0 Å². The predicted octanol–water partition coefficient (Wildman–Crippen LogP) is 4.12. The first-order valence-electron chi connectivity index (χ1n) is 9.51. The summed E-state index contributed by atoms with van der Waals surface area (Å²) in [6.45, 7) is 5.28. The van der Waals surface area contributed by atoms with E-state index in [1.807, 2.05) is 13.8 Å². The number of carbonyl (C=O) groups is 2. The average molecular weight is 395 g/mol. The average Bonchev–Trinajstić information content (AvgIpc) is 2.53. The fraction of sp³-hybridized carbons (Fsp3) is 0.889. The highest BCUT2D eigenvalue weighted by Gasteiger charge is 2.67. The maximum absolute atomic E-state index is 12.3. The molecule has 0 saturated carbocycles. The van der Waals surface area contributed by atoms with E-state index in [2.05, 4.69) is 0 Å². The molecule has 0 bridgehead atoms. The van der Waals surface area contributed by atoms with E-state index in [0.717, 1.165) is 25.7 Å². The van der Waals surface area contributed by atoms with Crippen molar-refractivity contribution in [2.45, 2.75) is 96.1 Å². The first-order valence-corrected chi connectivity index (χ1v) is 10.9. The SMILES string of the molecule is CCCCCCC(CCCCCC)(C(=O)O)C(CC)(C(=O)O)S(=O)(=O)O. The minimum Gasteiger partial charge on any atom is -0.481 e. The van der Waals surface area contributed by atoms with E-state index < -0.39 is 38.6 Å². The van der Waals surface area contributed by atoms with Crippen molar-refractivity contribution >= 4 is 22.1 Å². The fourth-order valence-electron chi connectivity index (χ4n) is 3.86. The summed E-state index contributed by atoms with van der Waals surface area (Å²) >= 11 is 0.